The van der Waals surface area contributed by atoms with Crippen LogP contribution in [-0.2, 0) is 6.54 Å². The summed E-state index contributed by atoms with van der Waals surface area (Å²) in [6, 6.07) is 22.4. The number of aryl methyl sites for hydroxylation is 1. The molecule has 0 bridgehead atoms. The van der Waals surface area contributed by atoms with Gasteiger partial charge in [0.25, 0.3) is 0 Å². The highest BCUT2D eigenvalue weighted by Gasteiger charge is 2.14. The Morgan fingerprint density at radius 3 is 2.41 bits per heavy atom. The van der Waals surface area contributed by atoms with Gasteiger partial charge in [0.15, 0.2) is 11.0 Å². The smallest absolute Gasteiger partial charge is 0.191 e. The molecule has 2 aromatic carbocycles. The van der Waals surface area contributed by atoms with Crippen LogP contribution in [0.15, 0.2) is 84.3 Å². The fraction of sp³-hybridized carbons (Fsp3) is 0.174. The molecule has 0 unspecified atom stereocenters. The molecule has 2 aromatic heterocycles. The van der Waals surface area contributed by atoms with Gasteiger partial charge in [0.1, 0.15) is 5.75 Å². The van der Waals surface area contributed by atoms with E-state index in [2.05, 4.69) is 50.9 Å². The van der Waals surface area contributed by atoms with Gasteiger partial charge in [-0.3, -0.25) is 9.55 Å². The van der Waals surface area contributed by atoms with Gasteiger partial charge in [-0.1, -0.05) is 59.8 Å². The maximum absolute atomic E-state index is 5.85. The first-order chi connectivity index (χ1) is 14.3. The molecule has 0 N–H and O–H groups in total. The quantitative estimate of drug-likeness (QED) is 0.311. The molecule has 0 amide bonds. The van der Waals surface area contributed by atoms with Gasteiger partial charge in [0, 0.05) is 23.7 Å². The number of hydrogen-bond donors (Lipinski definition) is 0. The Morgan fingerprint density at radius 1 is 0.897 bits per heavy atom. The van der Waals surface area contributed by atoms with E-state index in [-0.39, 0.29) is 0 Å². The minimum absolute atomic E-state index is 0.608. The lowest BCUT2D eigenvalue weighted by atomic mass is 10.2. The Morgan fingerprint density at radius 2 is 1.66 bits per heavy atom. The van der Waals surface area contributed by atoms with E-state index in [0.29, 0.717) is 13.2 Å². The lowest BCUT2D eigenvalue weighted by Gasteiger charge is -2.11. The number of nitrogens with zero attached hydrogens (tertiary/aromatic N) is 4. The van der Waals surface area contributed by atoms with Crippen LogP contribution in [0.2, 0.25) is 0 Å². The second-order valence-electron chi connectivity index (χ2n) is 6.62. The molecular formula is C23H22N4OS. The molecule has 5 nitrogen and oxygen atoms in total. The normalized spacial score (nSPS) is 10.8. The number of aromatic nitrogens is 4. The number of pyridine rings is 1. The van der Waals surface area contributed by atoms with Gasteiger partial charge in [-0.05, 0) is 36.8 Å². The van der Waals surface area contributed by atoms with E-state index in [0.717, 1.165) is 28.0 Å². The summed E-state index contributed by atoms with van der Waals surface area (Å²) >= 11 is 1.65. The van der Waals surface area contributed by atoms with Gasteiger partial charge in [-0.15, -0.1) is 10.2 Å². The van der Waals surface area contributed by atoms with Crippen LogP contribution in [0.4, 0.5) is 0 Å². The average molecular weight is 403 g/mol. The second kappa shape index (κ2) is 9.39. The number of ether oxygens (including phenoxy) is 1. The SMILES string of the molecule is Cc1ccc(OCCSc2nnc(-c3ccncc3)n2Cc2ccccc2)cc1. The van der Waals surface area contributed by atoms with E-state index in [1.807, 2.05) is 42.5 Å². The third kappa shape index (κ3) is 5.03. The van der Waals surface area contributed by atoms with Crippen molar-refractivity contribution >= 4 is 11.8 Å². The van der Waals surface area contributed by atoms with Crippen LogP contribution < -0.4 is 4.74 Å². The van der Waals surface area contributed by atoms with Crippen molar-refractivity contribution in [1.29, 1.82) is 0 Å². The van der Waals surface area contributed by atoms with Gasteiger partial charge in [-0.2, -0.15) is 0 Å². The number of benzene rings is 2. The lowest BCUT2D eigenvalue weighted by Crippen LogP contribution is -2.06. The summed E-state index contributed by atoms with van der Waals surface area (Å²) in [4.78, 5) is 4.11. The molecule has 146 valence electrons. The molecule has 0 spiro atoms. The lowest BCUT2D eigenvalue weighted by molar-refractivity contribution is 0.343. The van der Waals surface area contributed by atoms with E-state index in [9.17, 15) is 0 Å². The Balaban J connectivity index is 1.48. The highest BCUT2D eigenvalue weighted by Crippen LogP contribution is 2.25. The van der Waals surface area contributed by atoms with Crippen molar-refractivity contribution in [2.24, 2.45) is 0 Å². The summed E-state index contributed by atoms with van der Waals surface area (Å²) in [6.07, 6.45) is 3.55. The summed E-state index contributed by atoms with van der Waals surface area (Å²) in [5.41, 5.74) is 3.44. The molecule has 2 heterocycles. The third-order valence-electron chi connectivity index (χ3n) is 4.44. The Bertz CT molecular complexity index is 1030. The largest absolute Gasteiger partial charge is 0.493 e. The molecule has 6 heteroatoms. The summed E-state index contributed by atoms with van der Waals surface area (Å²) in [5.74, 6) is 2.52. The first kappa shape index (κ1) is 19.2. The zero-order chi connectivity index (χ0) is 19.9. The number of rotatable bonds is 8. The van der Waals surface area contributed by atoms with E-state index >= 15 is 0 Å². The fourth-order valence-corrected chi connectivity index (χ4v) is 3.70. The minimum Gasteiger partial charge on any atom is -0.493 e. The molecule has 0 fully saturated rings. The van der Waals surface area contributed by atoms with Gasteiger partial charge < -0.3 is 4.74 Å². The number of thioether (sulfide) groups is 1. The minimum atomic E-state index is 0.608. The van der Waals surface area contributed by atoms with Crippen LogP contribution in [0.5, 0.6) is 5.75 Å². The Hall–Kier alpha value is -3.12. The highest BCUT2D eigenvalue weighted by molar-refractivity contribution is 7.99. The molecule has 0 aliphatic rings. The van der Waals surface area contributed by atoms with Crippen molar-refractivity contribution in [2.75, 3.05) is 12.4 Å². The monoisotopic (exact) mass is 402 g/mol. The molecule has 0 saturated heterocycles. The van der Waals surface area contributed by atoms with Gasteiger partial charge in [-0.25, -0.2) is 0 Å². The van der Waals surface area contributed by atoms with Crippen molar-refractivity contribution in [1.82, 2.24) is 19.7 Å². The van der Waals surface area contributed by atoms with Crippen LogP contribution in [0, 0.1) is 6.92 Å². The average Bonchev–Trinajstić information content (AvgIpc) is 3.16. The van der Waals surface area contributed by atoms with E-state index in [4.69, 9.17) is 4.74 Å². The third-order valence-corrected chi connectivity index (χ3v) is 5.37. The van der Waals surface area contributed by atoms with E-state index in [1.54, 1.807) is 24.2 Å². The molecular weight excluding hydrogens is 380 g/mol. The predicted molar refractivity (Wildman–Crippen MR) is 116 cm³/mol. The van der Waals surface area contributed by atoms with E-state index in [1.165, 1.54) is 11.1 Å². The molecule has 0 saturated carbocycles. The summed E-state index contributed by atoms with van der Waals surface area (Å²) < 4.78 is 8.00. The van der Waals surface area contributed by atoms with Crippen LogP contribution >= 0.6 is 11.8 Å². The first-order valence-electron chi connectivity index (χ1n) is 9.49. The predicted octanol–water partition coefficient (Wildman–Crippen LogP) is 4.87. The number of hydrogen-bond acceptors (Lipinski definition) is 5. The molecule has 0 atom stereocenters. The van der Waals surface area contributed by atoms with Crippen molar-refractivity contribution < 1.29 is 4.74 Å². The van der Waals surface area contributed by atoms with Gasteiger partial charge in [0.2, 0.25) is 0 Å². The van der Waals surface area contributed by atoms with Gasteiger partial charge >= 0.3 is 0 Å². The second-order valence-corrected chi connectivity index (χ2v) is 7.69. The maximum atomic E-state index is 5.85. The molecule has 29 heavy (non-hydrogen) atoms. The molecule has 0 aliphatic heterocycles. The molecule has 4 rings (SSSR count). The Labute approximate surface area is 174 Å². The molecule has 0 radical (unpaired) electrons. The Kier molecular flexibility index (Phi) is 6.22. The van der Waals surface area contributed by atoms with Crippen molar-refractivity contribution in [3.63, 3.8) is 0 Å². The molecule has 0 aliphatic carbocycles. The highest BCUT2D eigenvalue weighted by atomic mass is 32.2. The zero-order valence-electron chi connectivity index (χ0n) is 16.2. The first-order valence-corrected chi connectivity index (χ1v) is 10.5. The van der Waals surface area contributed by atoms with Crippen LogP contribution in [0.3, 0.4) is 0 Å². The van der Waals surface area contributed by atoms with Crippen LogP contribution in [0.25, 0.3) is 11.4 Å². The van der Waals surface area contributed by atoms with Crippen molar-refractivity contribution in [3.8, 4) is 17.1 Å². The van der Waals surface area contributed by atoms with E-state index < -0.39 is 0 Å². The standard InChI is InChI=1S/C23H22N4OS/c1-18-7-9-21(10-8-18)28-15-16-29-23-26-25-22(20-11-13-24-14-12-20)27(23)17-19-5-3-2-4-6-19/h2-14H,15-17H2,1H3. The topological polar surface area (TPSA) is 52.8 Å². The fourth-order valence-electron chi connectivity index (χ4n) is 2.95. The van der Waals surface area contributed by atoms with Crippen molar-refractivity contribution in [2.45, 2.75) is 18.6 Å². The summed E-state index contributed by atoms with van der Waals surface area (Å²) in [5, 5.41) is 9.78. The molecule has 4 aromatic rings. The van der Waals surface area contributed by atoms with Crippen molar-refractivity contribution in [3.05, 3.63) is 90.3 Å². The van der Waals surface area contributed by atoms with Gasteiger partial charge in [0.05, 0.1) is 13.2 Å². The zero-order valence-corrected chi connectivity index (χ0v) is 17.0. The van der Waals surface area contributed by atoms with Crippen LogP contribution in [0.1, 0.15) is 11.1 Å². The summed E-state index contributed by atoms with van der Waals surface area (Å²) in [7, 11) is 0. The summed E-state index contributed by atoms with van der Waals surface area (Å²) in [6.45, 7) is 3.39. The van der Waals surface area contributed by atoms with Crippen LogP contribution in [-0.4, -0.2) is 32.1 Å². The maximum Gasteiger partial charge on any atom is 0.191 e.